The van der Waals surface area contributed by atoms with Gasteiger partial charge < -0.3 is 15.2 Å². The van der Waals surface area contributed by atoms with Gasteiger partial charge in [-0.3, -0.25) is 9.78 Å². The SMILES string of the molecule is NCc1ccc(C(=O)Cc2ccncc2F)cc1-c1cccc(C(=O)OC2CCCOC2)c1. The number of hydrogen-bond acceptors (Lipinski definition) is 6. The summed E-state index contributed by atoms with van der Waals surface area (Å²) in [6, 6.07) is 13.8. The van der Waals surface area contributed by atoms with Crippen LogP contribution in [0.2, 0.25) is 0 Å². The zero-order chi connectivity index (χ0) is 23.2. The Bertz CT molecular complexity index is 1160. The van der Waals surface area contributed by atoms with Crippen molar-refractivity contribution >= 4 is 11.8 Å². The second-order valence-corrected chi connectivity index (χ2v) is 7.97. The van der Waals surface area contributed by atoms with E-state index in [4.69, 9.17) is 15.2 Å². The third-order valence-corrected chi connectivity index (χ3v) is 5.66. The molecule has 2 aromatic carbocycles. The summed E-state index contributed by atoms with van der Waals surface area (Å²) in [4.78, 5) is 29.2. The molecule has 1 aliphatic heterocycles. The Labute approximate surface area is 191 Å². The summed E-state index contributed by atoms with van der Waals surface area (Å²) in [5.41, 5.74) is 9.39. The van der Waals surface area contributed by atoms with Crippen molar-refractivity contribution in [1.29, 1.82) is 0 Å². The van der Waals surface area contributed by atoms with Crippen molar-refractivity contribution in [2.75, 3.05) is 13.2 Å². The molecule has 1 aromatic heterocycles. The van der Waals surface area contributed by atoms with Gasteiger partial charge in [-0.25, -0.2) is 9.18 Å². The minimum atomic E-state index is -0.515. The van der Waals surface area contributed by atoms with Gasteiger partial charge in [-0.2, -0.15) is 0 Å². The molecule has 1 atom stereocenters. The zero-order valence-corrected chi connectivity index (χ0v) is 18.1. The van der Waals surface area contributed by atoms with E-state index in [1.165, 1.54) is 12.3 Å². The number of esters is 1. The van der Waals surface area contributed by atoms with Gasteiger partial charge >= 0.3 is 5.97 Å². The number of ketones is 1. The lowest BCUT2D eigenvalue weighted by molar-refractivity contribution is -0.0306. The fraction of sp³-hybridized carbons (Fsp3) is 0.269. The lowest BCUT2D eigenvalue weighted by Gasteiger charge is -2.22. The maximum atomic E-state index is 13.9. The number of carbonyl (C=O) groups excluding carboxylic acids is 2. The molecule has 2 heterocycles. The Hall–Kier alpha value is -3.42. The maximum Gasteiger partial charge on any atom is 0.338 e. The van der Waals surface area contributed by atoms with Crippen LogP contribution in [0.4, 0.5) is 4.39 Å². The van der Waals surface area contributed by atoms with Crippen molar-refractivity contribution in [3.8, 4) is 11.1 Å². The number of hydrogen-bond donors (Lipinski definition) is 1. The minimum absolute atomic E-state index is 0.0778. The molecule has 1 aliphatic rings. The average Bonchev–Trinajstić information content (AvgIpc) is 2.85. The van der Waals surface area contributed by atoms with E-state index in [0.29, 0.717) is 24.3 Å². The smallest absolute Gasteiger partial charge is 0.338 e. The largest absolute Gasteiger partial charge is 0.456 e. The number of pyridine rings is 1. The normalized spacial score (nSPS) is 15.8. The number of aromatic nitrogens is 1. The van der Waals surface area contributed by atoms with Gasteiger partial charge in [-0.05, 0) is 59.4 Å². The first kappa shape index (κ1) is 22.8. The Morgan fingerprint density at radius 3 is 2.76 bits per heavy atom. The number of rotatable bonds is 7. The highest BCUT2D eigenvalue weighted by atomic mass is 19.1. The number of carbonyl (C=O) groups is 2. The molecule has 0 spiro atoms. The molecule has 0 saturated carbocycles. The monoisotopic (exact) mass is 448 g/mol. The van der Waals surface area contributed by atoms with Gasteiger partial charge in [0, 0.05) is 31.3 Å². The lowest BCUT2D eigenvalue weighted by Crippen LogP contribution is -2.28. The maximum absolute atomic E-state index is 13.9. The molecule has 1 saturated heterocycles. The summed E-state index contributed by atoms with van der Waals surface area (Å²) < 4.78 is 24.9. The number of nitrogens with zero attached hydrogens (tertiary/aromatic N) is 1. The van der Waals surface area contributed by atoms with Crippen LogP contribution in [-0.4, -0.2) is 36.1 Å². The number of ether oxygens (including phenoxy) is 2. The number of Topliss-reactive ketones (excluding diaryl/α,β-unsaturated/α-hetero) is 1. The van der Waals surface area contributed by atoms with Gasteiger partial charge in [0.1, 0.15) is 11.9 Å². The van der Waals surface area contributed by atoms with Crippen LogP contribution in [0.1, 0.15) is 44.7 Å². The Morgan fingerprint density at radius 1 is 1.12 bits per heavy atom. The fourth-order valence-electron chi connectivity index (χ4n) is 3.86. The van der Waals surface area contributed by atoms with E-state index in [-0.39, 0.29) is 30.4 Å². The number of halogens is 1. The molecular weight excluding hydrogens is 423 g/mol. The van der Waals surface area contributed by atoms with E-state index in [1.807, 2.05) is 6.07 Å². The summed E-state index contributed by atoms with van der Waals surface area (Å²) in [6.07, 6.45) is 3.87. The van der Waals surface area contributed by atoms with Gasteiger partial charge in [0.15, 0.2) is 5.78 Å². The molecule has 0 aliphatic carbocycles. The summed E-state index contributed by atoms with van der Waals surface area (Å²) in [6.45, 7) is 1.36. The van der Waals surface area contributed by atoms with E-state index >= 15 is 0 Å². The van der Waals surface area contributed by atoms with Crippen molar-refractivity contribution in [2.24, 2.45) is 5.73 Å². The first-order valence-corrected chi connectivity index (χ1v) is 10.9. The van der Waals surface area contributed by atoms with E-state index in [0.717, 1.165) is 35.7 Å². The lowest BCUT2D eigenvalue weighted by atomic mass is 9.93. The molecule has 0 bridgehead atoms. The fourth-order valence-corrected chi connectivity index (χ4v) is 3.86. The Kier molecular flexibility index (Phi) is 7.22. The molecule has 170 valence electrons. The van der Waals surface area contributed by atoms with Crippen molar-refractivity contribution in [3.63, 3.8) is 0 Å². The summed E-state index contributed by atoms with van der Waals surface area (Å²) in [5, 5.41) is 0. The predicted octanol–water partition coefficient (Wildman–Crippen LogP) is 4.11. The third-order valence-electron chi connectivity index (χ3n) is 5.66. The molecule has 0 amide bonds. The molecule has 7 heteroatoms. The van der Waals surface area contributed by atoms with Gasteiger partial charge in [0.05, 0.1) is 18.4 Å². The van der Waals surface area contributed by atoms with Gasteiger partial charge in [0.25, 0.3) is 0 Å². The van der Waals surface area contributed by atoms with Gasteiger partial charge in [-0.15, -0.1) is 0 Å². The van der Waals surface area contributed by atoms with Crippen LogP contribution in [-0.2, 0) is 22.4 Å². The molecule has 33 heavy (non-hydrogen) atoms. The van der Waals surface area contributed by atoms with Crippen molar-refractivity contribution < 1.29 is 23.5 Å². The van der Waals surface area contributed by atoms with Crippen molar-refractivity contribution in [1.82, 2.24) is 4.98 Å². The van der Waals surface area contributed by atoms with Crippen LogP contribution >= 0.6 is 0 Å². The molecule has 3 aromatic rings. The predicted molar refractivity (Wildman–Crippen MR) is 121 cm³/mol. The topological polar surface area (TPSA) is 91.5 Å². The standard InChI is InChI=1S/C26H25FN2O4/c27-24-15-29-9-8-18(24)13-25(30)19-6-7-21(14-28)23(12-19)17-3-1-4-20(11-17)26(31)33-22-5-2-10-32-16-22/h1,3-4,6-9,11-12,15,22H,2,5,10,13-14,16,28H2. The van der Waals surface area contributed by atoms with Crippen LogP contribution in [0.15, 0.2) is 60.9 Å². The number of benzene rings is 2. The molecule has 2 N–H and O–H groups in total. The highest BCUT2D eigenvalue weighted by Crippen LogP contribution is 2.27. The first-order chi connectivity index (χ1) is 16.0. The molecule has 6 nitrogen and oxygen atoms in total. The Balaban J connectivity index is 1.59. The Morgan fingerprint density at radius 2 is 2.00 bits per heavy atom. The van der Waals surface area contributed by atoms with Crippen LogP contribution in [0.25, 0.3) is 11.1 Å². The van der Waals surface area contributed by atoms with Crippen LogP contribution in [0, 0.1) is 5.82 Å². The molecule has 0 radical (unpaired) electrons. The molecule has 1 unspecified atom stereocenters. The molecule has 1 fully saturated rings. The van der Waals surface area contributed by atoms with Gasteiger partial charge in [-0.1, -0.05) is 24.3 Å². The van der Waals surface area contributed by atoms with Gasteiger partial charge in [0.2, 0.25) is 0 Å². The third kappa shape index (κ3) is 5.50. The van der Waals surface area contributed by atoms with Crippen LogP contribution in [0.5, 0.6) is 0 Å². The zero-order valence-electron chi connectivity index (χ0n) is 18.1. The summed E-state index contributed by atoms with van der Waals surface area (Å²) >= 11 is 0. The molecule has 4 rings (SSSR count). The highest BCUT2D eigenvalue weighted by Gasteiger charge is 2.20. The number of nitrogens with two attached hydrogens (primary N) is 1. The van der Waals surface area contributed by atoms with Crippen LogP contribution < -0.4 is 5.73 Å². The average molecular weight is 448 g/mol. The second-order valence-electron chi connectivity index (χ2n) is 7.97. The highest BCUT2D eigenvalue weighted by molar-refractivity contribution is 5.99. The summed E-state index contributed by atoms with van der Waals surface area (Å²) in [5.74, 6) is -1.15. The minimum Gasteiger partial charge on any atom is -0.456 e. The second kappa shape index (κ2) is 10.5. The first-order valence-electron chi connectivity index (χ1n) is 10.9. The van der Waals surface area contributed by atoms with Crippen molar-refractivity contribution in [2.45, 2.75) is 31.9 Å². The van der Waals surface area contributed by atoms with Crippen LogP contribution in [0.3, 0.4) is 0 Å². The van der Waals surface area contributed by atoms with E-state index in [1.54, 1.807) is 36.4 Å². The quantitative estimate of drug-likeness (QED) is 0.432. The van der Waals surface area contributed by atoms with Crippen molar-refractivity contribution in [3.05, 3.63) is 89.0 Å². The van der Waals surface area contributed by atoms with E-state index in [9.17, 15) is 14.0 Å². The summed E-state index contributed by atoms with van der Waals surface area (Å²) in [7, 11) is 0. The van der Waals surface area contributed by atoms with E-state index in [2.05, 4.69) is 4.98 Å². The van der Waals surface area contributed by atoms with E-state index < -0.39 is 11.8 Å². The molecular formula is C26H25FN2O4.